The highest BCUT2D eigenvalue weighted by Gasteiger charge is 2.49. The number of benzene rings is 4. The van der Waals surface area contributed by atoms with E-state index >= 15 is 0 Å². The zero-order chi connectivity index (χ0) is 32.7. The molecule has 246 valence electrons. The Hall–Kier alpha value is -4.31. The molecule has 1 aliphatic rings. The van der Waals surface area contributed by atoms with E-state index in [1.807, 2.05) is 121 Å². The van der Waals surface area contributed by atoms with Crippen LogP contribution in [0.2, 0.25) is 0 Å². The molecule has 4 aromatic carbocycles. The van der Waals surface area contributed by atoms with Gasteiger partial charge in [-0.2, -0.15) is 0 Å². The summed E-state index contributed by atoms with van der Waals surface area (Å²) < 4.78 is 43.9. The number of carbonyl (C=O) groups excluding carboxylic acids is 1. The van der Waals surface area contributed by atoms with Crippen molar-refractivity contribution >= 4 is 5.97 Å². The van der Waals surface area contributed by atoms with E-state index in [2.05, 4.69) is 0 Å². The molecular formula is C39H42O8. The van der Waals surface area contributed by atoms with Crippen molar-refractivity contribution in [1.29, 1.82) is 0 Å². The quantitative estimate of drug-likeness (QED) is 0.0755. The van der Waals surface area contributed by atoms with E-state index in [-0.39, 0.29) is 13.2 Å². The molecule has 5 rings (SSSR count). The molecule has 0 saturated carbocycles. The van der Waals surface area contributed by atoms with Crippen molar-refractivity contribution in [3.63, 3.8) is 0 Å². The third kappa shape index (κ3) is 10.6. The highest BCUT2D eigenvalue weighted by atomic mass is 16.7. The number of esters is 1. The van der Waals surface area contributed by atoms with Gasteiger partial charge in [-0.1, -0.05) is 121 Å². The maximum Gasteiger partial charge on any atom is 0.333 e. The van der Waals surface area contributed by atoms with Gasteiger partial charge < -0.3 is 33.2 Å². The van der Waals surface area contributed by atoms with E-state index in [1.165, 1.54) is 13.2 Å². The van der Waals surface area contributed by atoms with E-state index in [1.54, 1.807) is 6.92 Å². The summed E-state index contributed by atoms with van der Waals surface area (Å²) in [5.41, 5.74) is 4.02. The van der Waals surface area contributed by atoms with E-state index in [4.69, 9.17) is 33.2 Å². The molecule has 0 aromatic heterocycles. The fourth-order valence-electron chi connectivity index (χ4n) is 5.28. The van der Waals surface area contributed by atoms with E-state index < -0.39 is 36.7 Å². The fraction of sp³-hybridized carbons (Fsp3) is 0.308. The van der Waals surface area contributed by atoms with E-state index in [9.17, 15) is 4.79 Å². The van der Waals surface area contributed by atoms with Crippen LogP contribution in [0.5, 0.6) is 0 Å². The van der Waals surface area contributed by atoms with Gasteiger partial charge in [0.15, 0.2) is 0 Å². The predicted octanol–water partition coefficient (Wildman–Crippen LogP) is 6.78. The molecule has 0 N–H and O–H groups in total. The molecule has 4 aromatic rings. The number of rotatable bonds is 16. The highest BCUT2D eigenvalue weighted by Crippen LogP contribution is 2.32. The van der Waals surface area contributed by atoms with Gasteiger partial charge in [0, 0.05) is 0 Å². The van der Waals surface area contributed by atoms with Crippen LogP contribution in [0.15, 0.2) is 133 Å². The molecule has 1 saturated heterocycles. The second-order valence-corrected chi connectivity index (χ2v) is 11.2. The molecule has 1 aliphatic heterocycles. The standard InChI is InChI=1S/C39H42O8/c1-29(23-35(40)41-2)46-39-38(45-27-33-21-13-6-14-22-33)37(44-26-32-19-11-5-12-20-32)36(43-25-31-17-9-4-10-18-31)34(47-39)28-42-24-30-15-7-3-8-16-30/h3-23,34,36-39H,24-28H2,1-2H3/b29-23+/t34-,36-,37+,38-,39?/m1/s1. The first-order valence-electron chi connectivity index (χ1n) is 15.8. The molecule has 1 fully saturated rings. The van der Waals surface area contributed by atoms with Gasteiger partial charge in [-0.25, -0.2) is 4.79 Å². The average Bonchev–Trinajstić information content (AvgIpc) is 3.11. The predicted molar refractivity (Wildman–Crippen MR) is 177 cm³/mol. The van der Waals surface area contributed by atoms with Crippen molar-refractivity contribution in [2.24, 2.45) is 0 Å². The van der Waals surface area contributed by atoms with Crippen molar-refractivity contribution in [2.75, 3.05) is 13.7 Å². The summed E-state index contributed by atoms with van der Waals surface area (Å²) in [6.07, 6.45) is -2.27. The molecule has 5 atom stereocenters. The van der Waals surface area contributed by atoms with Crippen LogP contribution in [0.25, 0.3) is 0 Å². The number of carbonyl (C=O) groups is 1. The van der Waals surface area contributed by atoms with Crippen LogP contribution < -0.4 is 0 Å². The van der Waals surface area contributed by atoms with Gasteiger partial charge >= 0.3 is 5.97 Å². The molecule has 8 nitrogen and oxygen atoms in total. The number of hydrogen-bond donors (Lipinski definition) is 0. The molecule has 0 radical (unpaired) electrons. The van der Waals surface area contributed by atoms with Crippen LogP contribution in [0.4, 0.5) is 0 Å². The monoisotopic (exact) mass is 638 g/mol. The SMILES string of the molecule is COC(=O)/C=C(\C)OC1O[C@H](COCc2ccccc2)[C@@H](OCc2ccccc2)[C@H](OCc2ccccc2)[C@H]1OCc1ccccc1. The summed E-state index contributed by atoms with van der Waals surface area (Å²) >= 11 is 0. The van der Waals surface area contributed by atoms with Crippen molar-refractivity contribution < 1.29 is 38.0 Å². The van der Waals surface area contributed by atoms with Gasteiger partial charge in [0.05, 0.1) is 46.2 Å². The number of methoxy groups -OCH3 is 1. The van der Waals surface area contributed by atoms with Crippen LogP contribution in [-0.4, -0.2) is 50.4 Å². The average molecular weight is 639 g/mol. The number of hydrogen-bond acceptors (Lipinski definition) is 8. The van der Waals surface area contributed by atoms with Crippen molar-refractivity contribution in [2.45, 2.75) is 64.1 Å². The molecule has 0 spiro atoms. The normalized spacial score (nSPS) is 21.2. The fourth-order valence-corrected chi connectivity index (χ4v) is 5.28. The Kier molecular flexibility index (Phi) is 13.1. The Morgan fingerprint density at radius 2 is 1.04 bits per heavy atom. The van der Waals surface area contributed by atoms with Crippen molar-refractivity contribution in [3.8, 4) is 0 Å². The van der Waals surface area contributed by atoms with Crippen molar-refractivity contribution in [3.05, 3.63) is 155 Å². The van der Waals surface area contributed by atoms with Crippen molar-refractivity contribution in [1.82, 2.24) is 0 Å². The van der Waals surface area contributed by atoms with Crippen LogP contribution in [0.3, 0.4) is 0 Å². The van der Waals surface area contributed by atoms with Gasteiger partial charge in [-0.05, 0) is 29.2 Å². The third-order valence-corrected chi connectivity index (χ3v) is 7.67. The zero-order valence-corrected chi connectivity index (χ0v) is 26.8. The first-order chi connectivity index (χ1) is 23.1. The minimum absolute atomic E-state index is 0.199. The zero-order valence-electron chi connectivity index (χ0n) is 26.8. The first kappa shape index (κ1) is 34.0. The van der Waals surface area contributed by atoms with Crippen LogP contribution in [-0.2, 0) is 64.4 Å². The summed E-state index contributed by atoms with van der Waals surface area (Å²) in [5, 5.41) is 0. The summed E-state index contributed by atoms with van der Waals surface area (Å²) in [7, 11) is 1.32. The molecule has 47 heavy (non-hydrogen) atoms. The smallest absolute Gasteiger partial charge is 0.333 e. The van der Waals surface area contributed by atoms with Gasteiger partial charge in [0.2, 0.25) is 6.29 Å². The lowest BCUT2D eigenvalue weighted by Crippen LogP contribution is -2.61. The molecule has 1 unspecified atom stereocenters. The third-order valence-electron chi connectivity index (χ3n) is 7.67. The maximum atomic E-state index is 12.1. The van der Waals surface area contributed by atoms with Gasteiger partial charge in [-0.15, -0.1) is 0 Å². The lowest BCUT2D eigenvalue weighted by Gasteiger charge is -2.45. The summed E-state index contributed by atoms with van der Waals surface area (Å²) in [6, 6.07) is 39.7. The summed E-state index contributed by atoms with van der Waals surface area (Å²) in [5.74, 6) is -0.228. The summed E-state index contributed by atoms with van der Waals surface area (Å²) in [6.45, 7) is 3.18. The van der Waals surface area contributed by atoms with E-state index in [0.29, 0.717) is 25.6 Å². The Morgan fingerprint density at radius 3 is 1.51 bits per heavy atom. The Balaban J connectivity index is 1.46. The Labute approximate surface area is 276 Å². The van der Waals surface area contributed by atoms with Crippen LogP contribution in [0.1, 0.15) is 29.2 Å². The molecule has 8 heteroatoms. The molecule has 1 heterocycles. The highest BCUT2D eigenvalue weighted by molar-refractivity contribution is 5.82. The molecule has 0 aliphatic carbocycles. The Bertz CT molecular complexity index is 1500. The van der Waals surface area contributed by atoms with Gasteiger partial charge in [-0.3, -0.25) is 0 Å². The topological polar surface area (TPSA) is 81.7 Å². The first-order valence-corrected chi connectivity index (χ1v) is 15.8. The number of ether oxygens (including phenoxy) is 7. The molecular weight excluding hydrogens is 596 g/mol. The lowest BCUT2D eigenvalue weighted by atomic mass is 9.97. The van der Waals surface area contributed by atoms with Crippen LogP contribution >= 0.6 is 0 Å². The number of allylic oxidation sites excluding steroid dienone is 1. The second kappa shape index (κ2) is 18.1. The summed E-state index contributed by atoms with van der Waals surface area (Å²) in [4.78, 5) is 12.1. The van der Waals surface area contributed by atoms with E-state index in [0.717, 1.165) is 22.3 Å². The maximum absolute atomic E-state index is 12.1. The molecule has 0 bridgehead atoms. The van der Waals surface area contributed by atoms with Gasteiger partial charge in [0.25, 0.3) is 0 Å². The molecule has 0 amide bonds. The minimum Gasteiger partial charge on any atom is -0.466 e. The minimum atomic E-state index is -0.956. The second-order valence-electron chi connectivity index (χ2n) is 11.2. The lowest BCUT2D eigenvalue weighted by molar-refractivity contribution is -0.320. The van der Waals surface area contributed by atoms with Gasteiger partial charge in [0.1, 0.15) is 30.2 Å². The Morgan fingerprint density at radius 1 is 0.617 bits per heavy atom. The van der Waals surface area contributed by atoms with Crippen LogP contribution in [0, 0.1) is 0 Å². The largest absolute Gasteiger partial charge is 0.466 e.